The molecule has 12 heteroatoms. The number of anilines is 1. The first-order valence-electron chi connectivity index (χ1n) is 14.2. The van der Waals surface area contributed by atoms with Gasteiger partial charge in [0.25, 0.3) is 11.8 Å². The van der Waals surface area contributed by atoms with Crippen molar-refractivity contribution in [3.63, 3.8) is 0 Å². The van der Waals surface area contributed by atoms with Gasteiger partial charge in [-0.1, -0.05) is 11.6 Å². The molecule has 2 aliphatic carbocycles. The Kier molecular flexibility index (Phi) is 6.87. The molecule has 0 radical (unpaired) electrons. The van der Waals surface area contributed by atoms with Crippen molar-refractivity contribution in [2.24, 2.45) is 17.8 Å². The fourth-order valence-corrected chi connectivity index (χ4v) is 8.50. The Morgan fingerprint density at radius 2 is 1.52 bits per heavy atom. The zero-order valence-corrected chi connectivity index (χ0v) is 26.2. The van der Waals surface area contributed by atoms with Gasteiger partial charge in [-0.25, -0.2) is 9.29 Å². The van der Waals surface area contributed by atoms with Gasteiger partial charge < -0.3 is 14.6 Å². The Labute approximate surface area is 263 Å². The standard InChI is InChI=1S/C32H31Cl2FN2O7/c1-30(2,3)37-26(39)19-11-10-18-20(23(19)27(37)40)14-31(33)28(41)36(16-8-6-15(35)7-9-16)29(42)32(31,34)25(18)24-21(43-4)12-17(38)13-22(24)44-5/h6-10,12-13,19-20,23,25,38H,11,14H2,1-5H3. The average Bonchev–Trinajstić information content (AvgIpc) is 3.31. The summed E-state index contributed by atoms with van der Waals surface area (Å²) < 4.78 is 25.2. The molecule has 2 aromatic carbocycles. The van der Waals surface area contributed by atoms with E-state index in [2.05, 4.69) is 0 Å². The van der Waals surface area contributed by atoms with Crippen LogP contribution in [0.2, 0.25) is 0 Å². The van der Waals surface area contributed by atoms with Gasteiger partial charge in [-0.2, -0.15) is 0 Å². The van der Waals surface area contributed by atoms with Crippen LogP contribution in [0, 0.1) is 23.6 Å². The molecule has 0 bridgehead atoms. The molecule has 2 heterocycles. The molecule has 3 fully saturated rings. The highest BCUT2D eigenvalue weighted by atomic mass is 35.5. The van der Waals surface area contributed by atoms with E-state index in [1.807, 2.05) is 0 Å². The van der Waals surface area contributed by atoms with Crippen molar-refractivity contribution in [3.05, 3.63) is 59.4 Å². The number of imide groups is 2. The molecule has 6 atom stereocenters. The van der Waals surface area contributed by atoms with E-state index in [1.54, 1.807) is 26.8 Å². The third-order valence-corrected chi connectivity index (χ3v) is 10.8. The smallest absolute Gasteiger partial charge is 0.258 e. The Morgan fingerprint density at radius 1 is 0.932 bits per heavy atom. The van der Waals surface area contributed by atoms with E-state index < -0.39 is 56.6 Å². The second kappa shape index (κ2) is 9.94. The van der Waals surface area contributed by atoms with Crippen molar-refractivity contribution in [1.29, 1.82) is 0 Å². The van der Waals surface area contributed by atoms with Crippen LogP contribution < -0.4 is 14.4 Å². The quantitative estimate of drug-likeness (QED) is 0.286. The molecule has 4 aliphatic rings. The van der Waals surface area contributed by atoms with Crippen LogP contribution in [0.15, 0.2) is 48.0 Å². The van der Waals surface area contributed by atoms with Crippen molar-refractivity contribution < 1.29 is 38.1 Å². The number of rotatable bonds is 4. The average molecular weight is 646 g/mol. The van der Waals surface area contributed by atoms with Crippen LogP contribution in [0.25, 0.3) is 0 Å². The Balaban J connectivity index is 1.62. The summed E-state index contributed by atoms with van der Waals surface area (Å²) in [6, 6.07) is 7.44. The van der Waals surface area contributed by atoms with Gasteiger partial charge in [0.1, 0.15) is 23.1 Å². The Hall–Kier alpha value is -3.63. The Bertz CT molecular complexity index is 1630. The number of halogens is 3. The van der Waals surface area contributed by atoms with E-state index in [9.17, 15) is 28.7 Å². The second-order valence-electron chi connectivity index (χ2n) is 12.7. The van der Waals surface area contributed by atoms with Gasteiger partial charge in [0, 0.05) is 29.2 Å². The zero-order valence-electron chi connectivity index (χ0n) is 24.7. The minimum atomic E-state index is -2.18. The summed E-state index contributed by atoms with van der Waals surface area (Å²) in [6.45, 7) is 5.32. The Morgan fingerprint density at radius 3 is 2.07 bits per heavy atom. The normalized spacial score (nSPS) is 31.5. The molecule has 2 aromatic rings. The number of amides is 4. The lowest BCUT2D eigenvalue weighted by molar-refractivity contribution is -0.145. The number of benzene rings is 2. The number of nitrogens with zero attached hydrogens (tertiary/aromatic N) is 2. The molecule has 9 nitrogen and oxygen atoms in total. The van der Waals surface area contributed by atoms with E-state index in [4.69, 9.17) is 32.7 Å². The van der Waals surface area contributed by atoms with Crippen molar-refractivity contribution >= 4 is 52.5 Å². The zero-order chi connectivity index (χ0) is 32.1. The van der Waals surface area contributed by atoms with E-state index in [1.165, 1.54) is 43.4 Å². The van der Waals surface area contributed by atoms with E-state index in [0.29, 0.717) is 5.57 Å². The van der Waals surface area contributed by atoms with Crippen LogP contribution in [0.4, 0.5) is 10.1 Å². The molecule has 44 heavy (non-hydrogen) atoms. The summed E-state index contributed by atoms with van der Waals surface area (Å²) in [7, 11) is 2.73. The van der Waals surface area contributed by atoms with Gasteiger partial charge in [-0.3, -0.25) is 24.1 Å². The number of carbonyl (C=O) groups excluding carboxylic acids is 4. The van der Waals surface area contributed by atoms with Gasteiger partial charge in [-0.05, 0) is 63.8 Å². The number of carbonyl (C=O) groups is 4. The minimum Gasteiger partial charge on any atom is -0.508 e. The number of alkyl halides is 2. The lowest BCUT2D eigenvalue weighted by atomic mass is 9.56. The largest absolute Gasteiger partial charge is 0.508 e. The minimum absolute atomic E-state index is 0.0695. The summed E-state index contributed by atoms with van der Waals surface area (Å²) in [5.41, 5.74) is 0.0593. The third kappa shape index (κ3) is 3.89. The number of ether oxygens (including phenoxy) is 2. The summed E-state index contributed by atoms with van der Waals surface area (Å²) in [4.78, 5) is 54.4. The summed E-state index contributed by atoms with van der Waals surface area (Å²) in [6.07, 6.45) is 1.78. The van der Waals surface area contributed by atoms with Gasteiger partial charge in [0.05, 0.1) is 31.7 Å². The molecule has 1 saturated carbocycles. The van der Waals surface area contributed by atoms with Crippen LogP contribution >= 0.6 is 23.2 Å². The molecule has 0 aromatic heterocycles. The number of fused-ring (bicyclic) bond motifs is 4. The summed E-state index contributed by atoms with van der Waals surface area (Å²) in [5.74, 6) is -6.43. The first-order valence-corrected chi connectivity index (χ1v) is 14.9. The first kappa shape index (κ1) is 30.4. The number of aromatic hydroxyl groups is 1. The predicted octanol–water partition coefficient (Wildman–Crippen LogP) is 4.91. The third-order valence-electron chi connectivity index (χ3n) is 9.38. The van der Waals surface area contributed by atoms with Crippen LogP contribution in [0.3, 0.4) is 0 Å². The first-order chi connectivity index (χ1) is 20.6. The highest BCUT2D eigenvalue weighted by Gasteiger charge is 2.77. The molecule has 4 amide bonds. The number of hydrogen-bond donors (Lipinski definition) is 1. The van der Waals surface area contributed by atoms with Crippen molar-refractivity contribution in [1.82, 2.24) is 4.90 Å². The summed E-state index contributed by atoms with van der Waals surface area (Å²) in [5, 5.41) is 10.4. The molecule has 232 valence electrons. The number of allylic oxidation sites excluding steroid dienone is 2. The molecule has 0 spiro atoms. The molecule has 6 rings (SSSR count). The lowest BCUT2D eigenvalue weighted by Crippen LogP contribution is -2.60. The van der Waals surface area contributed by atoms with Crippen LogP contribution in [-0.2, 0) is 19.2 Å². The molecule has 1 N–H and O–H groups in total. The maximum Gasteiger partial charge on any atom is 0.258 e. The highest BCUT2D eigenvalue weighted by molar-refractivity contribution is 6.58. The topological polar surface area (TPSA) is 113 Å². The maximum atomic E-state index is 14.5. The fraction of sp³-hybridized carbons (Fsp3) is 0.438. The number of likely N-dealkylation sites (tertiary alicyclic amines) is 1. The van der Waals surface area contributed by atoms with E-state index in [0.717, 1.165) is 17.0 Å². The van der Waals surface area contributed by atoms with Gasteiger partial charge in [-0.15, -0.1) is 23.2 Å². The lowest BCUT2D eigenvalue weighted by Gasteiger charge is -2.51. The highest BCUT2D eigenvalue weighted by Crippen LogP contribution is 2.67. The monoisotopic (exact) mass is 644 g/mol. The molecule has 2 aliphatic heterocycles. The number of phenolic OH excluding ortho intramolecular Hbond substituents is 1. The second-order valence-corrected chi connectivity index (χ2v) is 13.9. The van der Waals surface area contributed by atoms with Gasteiger partial charge >= 0.3 is 0 Å². The maximum absolute atomic E-state index is 14.5. The summed E-state index contributed by atoms with van der Waals surface area (Å²) >= 11 is 14.8. The SMILES string of the molecule is COc1cc(O)cc(OC)c1C1C2=CCC3C(=O)N(C(C)(C)C)C(=O)C3C2CC2(Cl)C(=O)N(c3ccc(F)cc3)C(=O)C12Cl. The van der Waals surface area contributed by atoms with Gasteiger partial charge in [0.15, 0.2) is 9.75 Å². The van der Waals surface area contributed by atoms with Crippen LogP contribution in [0.1, 0.15) is 45.1 Å². The van der Waals surface area contributed by atoms with E-state index in [-0.39, 0.29) is 53.2 Å². The number of phenols is 1. The fourth-order valence-electron chi connectivity index (χ4n) is 7.59. The van der Waals surface area contributed by atoms with Crippen LogP contribution in [0.5, 0.6) is 17.2 Å². The predicted molar refractivity (Wildman–Crippen MR) is 159 cm³/mol. The molecular weight excluding hydrogens is 614 g/mol. The van der Waals surface area contributed by atoms with Gasteiger partial charge in [0.2, 0.25) is 11.8 Å². The van der Waals surface area contributed by atoms with Crippen molar-refractivity contribution in [2.45, 2.75) is 54.8 Å². The number of hydrogen-bond acceptors (Lipinski definition) is 7. The molecular formula is C32H31Cl2FN2O7. The molecule has 6 unspecified atom stereocenters. The van der Waals surface area contributed by atoms with Crippen molar-refractivity contribution in [3.8, 4) is 17.2 Å². The van der Waals surface area contributed by atoms with E-state index >= 15 is 0 Å². The molecule has 2 saturated heterocycles. The number of methoxy groups -OCH3 is 2. The van der Waals surface area contributed by atoms with Crippen molar-refractivity contribution in [2.75, 3.05) is 19.1 Å². The van der Waals surface area contributed by atoms with Crippen LogP contribution in [-0.4, -0.2) is 63.1 Å².